The number of esters is 8. The van der Waals surface area contributed by atoms with E-state index in [-0.39, 0.29) is 79.0 Å². The number of amides is 2. The predicted octanol–water partition coefficient (Wildman–Crippen LogP) is 6.05. The summed E-state index contributed by atoms with van der Waals surface area (Å²) in [6.45, 7) is 8.73. The molecule has 0 saturated heterocycles. The topological polar surface area (TPSA) is 287 Å². The van der Waals surface area contributed by atoms with Crippen molar-refractivity contribution in [2.75, 3.05) is 47.2 Å². The summed E-state index contributed by atoms with van der Waals surface area (Å²) in [4.78, 5) is 125. The number of carbonyl (C=O) groups is 10. The van der Waals surface area contributed by atoms with Gasteiger partial charge in [-0.3, -0.25) is 19.2 Å². The Bertz CT molecular complexity index is 2310. The molecule has 4 rings (SSSR count). The van der Waals surface area contributed by atoms with Crippen LogP contribution in [0.2, 0.25) is 0 Å². The highest BCUT2D eigenvalue weighted by molar-refractivity contribution is 5.95. The van der Waals surface area contributed by atoms with E-state index < -0.39 is 77.7 Å². The van der Waals surface area contributed by atoms with Gasteiger partial charge in [-0.25, -0.2) is 28.8 Å². The zero-order chi connectivity index (χ0) is 53.3. The van der Waals surface area contributed by atoms with Crippen molar-refractivity contribution in [3.8, 4) is 23.0 Å². The lowest BCUT2D eigenvalue weighted by Gasteiger charge is -2.26. The van der Waals surface area contributed by atoms with E-state index in [0.717, 1.165) is 38.5 Å². The maximum absolute atomic E-state index is 13.2. The van der Waals surface area contributed by atoms with Gasteiger partial charge in [-0.1, -0.05) is 13.2 Å². The minimum atomic E-state index is -0.968. The lowest BCUT2D eigenvalue weighted by molar-refractivity contribution is -0.152. The summed E-state index contributed by atoms with van der Waals surface area (Å²) in [5.41, 5.74) is -0.403. The van der Waals surface area contributed by atoms with Gasteiger partial charge in [0.2, 0.25) is 0 Å². The van der Waals surface area contributed by atoms with Gasteiger partial charge in [-0.05, 0) is 120 Å². The van der Waals surface area contributed by atoms with Crippen LogP contribution in [-0.4, -0.2) is 113 Å². The molecule has 22 nitrogen and oxygen atoms in total. The average Bonchev–Trinajstić information content (AvgIpc) is 3.39. The van der Waals surface area contributed by atoms with Crippen LogP contribution < -0.4 is 29.6 Å². The summed E-state index contributed by atoms with van der Waals surface area (Å²) < 4.78 is 52.0. The van der Waals surface area contributed by atoms with Crippen LogP contribution in [0.1, 0.15) is 105 Å². The van der Waals surface area contributed by atoms with Crippen molar-refractivity contribution in [3.05, 3.63) is 72.8 Å². The number of rotatable bonds is 25. The number of unbranched alkanes of at least 4 members (excludes halogenated alkanes) is 2. The number of benzene rings is 2. The summed E-state index contributed by atoms with van der Waals surface area (Å²) in [6.07, 6.45) is 5.17. The van der Waals surface area contributed by atoms with E-state index in [1.807, 2.05) is 0 Å². The first kappa shape index (κ1) is 57.8. The van der Waals surface area contributed by atoms with Crippen LogP contribution in [0.5, 0.6) is 23.0 Å². The first-order valence-corrected chi connectivity index (χ1v) is 23.8. The van der Waals surface area contributed by atoms with Gasteiger partial charge in [-0.15, -0.1) is 0 Å². The van der Waals surface area contributed by atoms with Gasteiger partial charge in [0.15, 0.2) is 0 Å². The van der Waals surface area contributed by atoms with Crippen molar-refractivity contribution in [2.24, 2.45) is 23.7 Å². The second-order valence-corrected chi connectivity index (χ2v) is 16.9. The number of nitrogens with one attached hydrogen (secondary N) is 2. The largest absolute Gasteiger partial charge is 0.465 e. The van der Waals surface area contributed by atoms with Crippen molar-refractivity contribution in [3.63, 3.8) is 0 Å². The molecule has 0 aromatic heterocycles. The molecule has 2 saturated carbocycles. The van der Waals surface area contributed by atoms with Crippen molar-refractivity contribution in [1.29, 1.82) is 0 Å². The van der Waals surface area contributed by atoms with Crippen LogP contribution >= 0.6 is 0 Å². The van der Waals surface area contributed by atoms with Gasteiger partial charge in [-0.2, -0.15) is 0 Å². The Morgan fingerprint density at radius 2 is 0.877 bits per heavy atom. The van der Waals surface area contributed by atoms with Crippen molar-refractivity contribution in [2.45, 2.75) is 90.0 Å². The van der Waals surface area contributed by atoms with E-state index in [0.29, 0.717) is 77.0 Å². The molecule has 2 aromatic carbocycles. The Labute approximate surface area is 421 Å². The molecule has 2 aromatic rings. The first-order chi connectivity index (χ1) is 35.0. The van der Waals surface area contributed by atoms with Crippen LogP contribution in [0.4, 0.5) is 9.59 Å². The molecular weight excluding hydrogens is 961 g/mol. The highest BCUT2D eigenvalue weighted by Gasteiger charge is 2.34. The molecule has 2 aliphatic rings. The third-order valence-electron chi connectivity index (χ3n) is 11.6. The second-order valence-electron chi connectivity index (χ2n) is 16.9. The zero-order valence-corrected chi connectivity index (χ0v) is 41.1. The van der Waals surface area contributed by atoms with Crippen LogP contribution in [0, 0.1) is 23.7 Å². The second kappa shape index (κ2) is 30.2. The standard InChI is InChI=1S/C51H62N2O20/c1-6-42(54)66-24-8-10-26-68-44(56)32-12-16-34(17-13-32)46(58)72-40-22-20-36(28-38(40)48(60)64-4)70-50(62)52-30-31(3)53-51(63)71-37-21-23-41(39(29-37)49(61)65-5)73-47(59)35-18-14-33(15-19-35)45(57)69-27-11-9-25-67-43(55)7-2/h6-7,20-23,28-29,31-35H,1-2,8-19,24-27,30H2,3-5H3,(H,52,62)(H,53,63)/t31?,32-,33?,34-,35?. The highest BCUT2D eigenvalue weighted by Crippen LogP contribution is 2.34. The van der Waals surface area contributed by atoms with E-state index in [1.165, 1.54) is 24.3 Å². The van der Waals surface area contributed by atoms with Gasteiger partial charge in [0.05, 0.1) is 64.3 Å². The van der Waals surface area contributed by atoms with E-state index in [9.17, 15) is 47.9 Å². The molecule has 2 N–H and O–H groups in total. The third-order valence-corrected chi connectivity index (χ3v) is 11.6. The van der Waals surface area contributed by atoms with E-state index in [1.54, 1.807) is 6.92 Å². The molecule has 1 unspecified atom stereocenters. The highest BCUT2D eigenvalue weighted by atomic mass is 16.6. The molecule has 1 atom stereocenters. The Morgan fingerprint density at radius 3 is 1.25 bits per heavy atom. The van der Waals surface area contributed by atoms with Gasteiger partial charge < -0.3 is 58.0 Å². The molecule has 0 bridgehead atoms. The fourth-order valence-electron chi connectivity index (χ4n) is 7.60. The van der Waals surface area contributed by atoms with Crippen LogP contribution in [0.15, 0.2) is 61.7 Å². The monoisotopic (exact) mass is 1020 g/mol. The molecule has 2 aliphatic carbocycles. The number of hydrogen-bond donors (Lipinski definition) is 2. The Morgan fingerprint density at radius 1 is 0.521 bits per heavy atom. The fraction of sp³-hybridized carbons (Fsp3) is 0.490. The molecule has 0 spiro atoms. The molecule has 22 heteroatoms. The summed E-state index contributed by atoms with van der Waals surface area (Å²) in [7, 11) is 2.24. The normalized spacial score (nSPS) is 17.4. The Balaban J connectivity index is 1.19. The molecule has 73 heavy (non-hydrogen) atoms. The maximum atomic E-state index is 13.2. The van der Waals surface area contributed by atoms with E-state index in [4.69, 9.17) is 47.4 Å². The average molecular weight is 1020 g/mol. The molecular formula is C51H62N2O20. The number of methoxy groups -OCH3 is 2. The first-order valence-electron chi connectivity index (χ1n) is 23.8. The molecule has 2 amide bonds. The zero-order valence-electron chi connectivity index (χ0n) is 41.1. The Kier molecular flexibility index (Phi) is 23.9. The lowest BCUT2D eigenvalue weighted by atomic mass is 9.82. The fourth-order valence-corrected chi connectivity index (χ4v) is 7.60. The van der Waals surface area contributed by atoms with Gasteiger partial charge in [0, 0.05) is 24.7 Å². The van der Waals surface area contributed by atoms with E-state index in [2.05, 4.69) is 23.8 Å². The maximum Gasteiger partial charge on any atom is 0.412 e. The molecule has 0 radical (unpaired) electrons. The summed E-state index contributed by atoms with van der Waals surface area (Å²) in [6, 6.07) is 6.71. The van der Waals surface area contributed by atoms with Crippen molar-refractivity contribution in [1.82, 2.24) is 10.6 Å². The minimum absolute atomic E-state index is 0.106. The van der Waals surface area contributed by atoms with E-state index >= 15 is 0 Å². The number of carbonyl (C=O) groups excluding carboxylic acids is 10. The quantitative estimate of drug-likeness (QED) is 0.0376. The summed E-state index contributed by atoms with van der Waals surface area (Å²) >= 11 is 0. The molecule has 396 valence electrons. The van der Waals surface area contributed by atoms with Gasteiger partial charge in [0.25, 0.3) is 0 Å². The number of ether oxygens (including phenoxy) is 10. The molecule has 0 aliphatic heterocycles. The number of hydrogen-bond acceptors (Lipinski definition) is 20. The van der Waals surface area contributed by atoms with Crippen LogP contribution in [-0.2, 0) is 57.2 Å². The van der Waals surface area contributed by atoms with Crippen molar-refractivity contribution < 1.29 is 95.3 Å². The minimum Gasteiger partial charge on any atom is -0.465 e. The van der Waals surface area contributed by atoms with Gasteiger partial charge in [0.1, 0.15) is 34.1 Å². The van der Waals surface area contributed by atoms with Gasteiger partial charge >= 0.3 is 59.9 Å². The predicted molar refractivity (Wildman–Crippen MR) is 253 cm³/mol. The smallest absolute Gasteiger partial charge is 0.412 e. The lowest BCUT2D eigenvalue weighted by Crippen LogP contribution is -2.43. The van der Waals surface area contributed by atoms with Crippen LogP contribution in [0.3, 0.4) is 0 Å². The summed E-state index contributed by atoms with van der Waals surface area (Å²) in [5, 5.41) is 4.98. The molecule has 2 fully saturated rings. The van der Waals surface area contributed by atoms with Crippen molar-refractivity contribution >= 4 is 59.9 Å². The Hall–Kier alpha value is -7.78. The molecule has 0 heterocycles. The third kappa shape index (κ3) is 19.4. The van der Waals surface area contributed by atoms with Crippen LogP contribution in [0.25, 0.3) is 0 Å². The summed E-state index contributed by atoms with van der Waals surface area (Å²) in [5.74, 6) is -7.18. The SMILES string of the molecule is C=CC(=O)OCCCCOC(=O)C1CCC(C(=O)Oc2ccc(OC(=O)NC(C)CNC(=O)Oc3ccc(OC(=O)[C@H]4CC[C@H](C(=O)OCCCCOC(=O)C=C)CC4)c(C(=O)OC)c3)cc2C(=O)OC)CC1.